The van der Waals surface area contributed by atoms with Gasteiger partial charge in [0.1, 0.15) is 6.04 Å². The number of nitrogens with zero attached hydrogens (tertiary/aromatic N) is 2. The van der Waals surface area contributed by atoms with Gasteiger partial charge in [-0.25, -0.2) is 8.42 Å². The Bertz CT molecular complexity index is 2350. The highest BCUT2D eigenvalue weighted by atomic mass is 32.2. The van der Waals surface area contributed by atoms with Crippen molar-refractivity contribution >= 4 is 15.9 Å². The third-order valence-electron chi connectivity index (χ3n) is 12.8. The summed E-state index contributed by atoms with van der Waals surface area (Å²) in [5.41, 5.74) is 7.49. The van der Waals surface area contributed by atoms with E-state index in [0.29, 0.717) is 6.04 Å². The van der Waals surface area contributed by atoms with Crippen LogP contribution in [0.1, 0.15) is 78.4 Å². The Kier molecular flexibility index (Phi) is 14.3. The summed E-state index contributed by atoms with van der Waals surface area (Å²) in [5, 5.41) is 12.8. The molecule has 0 spiro atoms. The molecule has 0 aromatic heterocycles. The molecule has 0 bridgehead atoms. The van der Waals surface area contributed by atoms with Crippen LogP contribution in [0.25, 0.3) is 11.1 Å². The molecule has 0 unspecified atom stereocenters. The van der Waals surface area contributed by atoms with Crippen molar-refractivity contribution in [2.24, 2.45) is 5.92 Å². The van der Waals surface area contributed by atoms with E-state index in [1.165, 1.54) is 38.8 Å². The number of nitrogens with one attached hydrogen (secondary N) is 2. The maximum atomic E-state index is 13.8. The summed E-state index contributed by atoms with van der Waals surface area (Å²) in [6.07, 6.45) is 4.36. The first kappa shape index (κ1) is 43.9. The lowest BCUT2D eigenvalue weighted by molar-refractivity contribution is -0.276. The summed E-state index contributed by atoms with van der Waals surface area (Å²) in [4.78, 5) is 19.2. The van der Waals surface area contributed by atoms with Crippen molar-refractivity contribution in [3.63, 3.8) is 0 Å². The van der Waals surface area contributed by atoms with Crippen LogP contribution >= 0.6 is 0 Å². The number of ether oxygens (including phenoxy) is 2. The largest absolute Gasteiger partial charge is 0.392 e. The Hall–Kier alpha value is -4.72. The zero-order chi connectivity index (χ0) is 43.1. The van der Waals surface area contributed by atoms with Crippen LogP contribution in [0.3, 0.4) is 0 Å². The summed E-state index contributed by atoms with van der Waals surface area (Å²) in [7, 11) is -3.97. The number of sulfonamides is 1. The number of aryl methyl sites for hydroxylation is 1. The molecule has 3 heterocycles. The summed E-state index contributed by atoms with van der Waals surface area (Å²) in [5.74, 6) is -0.316. The normalized spacial score (nSPS) is 22.7. The van der Waals surface area contributed by atoms with Gasteiger partial charge in [-0.05, 0) is 116 Å². The van der Waals surface area contributed by atoms with Crippen molar-refractivity contribution < 1.29 is 27.8 Å². The lowest BCUT2D eigenvalue weighted by Gasteiger charge is -2.43. The average molecular weight is 857 g/mol. The molecule has 3 N–H and O–H groups in total. The highest BCUT2D eigenvalue weighted by molar-refractivity contribution is 7.89. The van der Waals surface area contributed by atoms with Crippen LogP contribution in [-0.2, 0) is 43.9 Å². The molecular weight excluding hydrogens is 797 g/mol. The highest BCUT2D eigenvalue weighted by Gasteiger charge is 2.41. The number of hydrogen-bond acceptors (Lipinski definition) is 8. The fourth-order valence-corrected chi connectivity index (χ4v) is 10.4. The summed E-state index contributed by atoms with van der Waals surface area (Å²) in [6.45, 7) is 9.79. The predicted octanol–water partition coefficient (Wildman–Crippen LogP) is 7.71. The molecule has 11 heteroatoms. The van der Waals surface area contributed by atoms with Crippen molar-refractivity contribution in [1.29, 1.82) is 0 Å². The summed E-state index contributed by atoms with van der Waals surface area (Å²) >= 11 is 0. The molecule has 3 aliphatic heterocycles. The van der Waals surface area contributed by atoms with E-state index >= 15 is 0 Å². The van der Waals surface area contributed by atoms with Crippen LogP contribution in [0.15, 0.2) is 132 Å². The lowest BCUT2D eigenvalue weighted by Crippen LogP contribution is -2.48. The van der Waals surface area contributed by atoms with Gasteiger partial charge in [0.25, 0.3) is 0 Å². The van der Waals surface area contributed by atoms with E-state index in [4.69, 9.17) is 9.47 Å². The molecule has 326 valence electrons. The second-order valence-corrected chi connectivity index (χ2v) is 19.1. The molecule has 1 amide bonds. The standard InChI is InChI=1S/C51H60N4O6S/c1-36-18-24-46(25-19-36)62(58,59)53-47(30-38-11-4-3-5-12-38)50(57)52-32-40-13-8-14-42(29-40)43-15-9-16-44(31-43)51-60-48(34-55-28-10-17-45(55)33-54-26-6-7-27-54)37(2)49(61-51)41-22-20-39(35-56)21-23-41/h3-5,8-9,11-16,18-25,29,31,37,45,47-49,51,53,56H,6-7,10,17,26-28,30,32-35H2,1-2H3,(H,52,57)/t37-,45+,47-,48+,49+,51+/m1/s1. The molecule has 3 aliphatic rings. The van der Waals surface area contributed by atoms with Gasteiger partial charge in [-0.1, -0.05) is 116 Å². The lowest BCUT2D eigenvalue weighted by atomic mass is 9.89. The van der Waals surface area contributed by atoms with Gasteiger partial charge >= 0.3 is 0 Å². The summed E-state index contributed by atoms with van der Waals surface area (Å²) < 4.78 is 43.4. The van der Waals surface area contributed by atoms with Gasteiger partial charge in [-0.3, -0.25) is 9.69 Å². The fourth-order valence-electron chi connectivity index (χ4n) is 9.21. The smallest absolute Gasteiger partial charge is 0.241 e. The zero-order valence-electron chi connectivity index (χ0n) is 35.9. The Balaban J connectivity index is 0.987. The van der Waals surface area contributed by atoms with Gasteiger partial charge in [0.2, 0.25) is 15.9 Å². The quantitative estimate of drug-likeness (QED) is 0.0924. The van der Waals surface area contributed by atoms with E-state index in [1.54, 1.807) is 24.3 Å². The van der Waals surface area contributed by atoms with Crippen LogP contribution in [0.2, 0.25) is 0 Å². The second-order valence-electron chi connectivity index (χ2n) is 17.3. The number of likely N-dealkylation sites (tertiary alicyclic amines) is 2. The molecule has 5 aromatic carbocycles. The Morgan fingerprint density at radius 1 is 0.758 bits per heavy atom. The third-order valence-corrected chi connectivity index (χ3v) is 14.3. The van der Waals surface area contributed by atoms with Crippen LogP contribution in [0.4, 0.5) is 0 Å². The van der Waals surface area contributed by atoms with E-state index in [-0.39, 0.29) is 42.6 Å². The molecule has 0 radical (unpaired) electrons. The number of aliphatic hydroxyl groups excluding tert-OH is 1. The Morgan fingerprint density at radius 3 is 2.21 bits per heavy atom. The zero-order valence-corrected chi connectivity index (χ0v) is 36.7. The SMILES string of the molecule is Cc1ccc(S(=O)(=O)N[C@H](Cc2ccccc2)C(=O)NCc2cccc(-c3cccc([C@H]4O[C@@H](CN5CCC[C@H]5CN5CCCC5)[C@@H](C)[C@@H](c5ccc(CO)cc5)O4)c3)c2)cc1. The number of carbonyl (C=O) groups is 1. The van der Waals surface area contributed by atoms with Crippen molar-refractivity contribution in [1.82, 2.24) is 19.8 Å². The van der Waals surface area contributed by atoms with Crippen molar-refractivity contribution in [3.05, 3.63) is 161 Å². The van der Waals surface area contributed by atoms with E-state index in [0.717, 1.165) is 64.1 Å². The molecule has 62 heavy (non-hydrogen) atoms. The predicted molar refractivity (Wildman–Crippen MR) is 242 cm³/mol. The van der Waals surface area contributed by atoms with E-state index in [9.17, 15) is 18.3 Å². The van der Waals surface area contributed by atoms with Crippen molar-refractivity contribution in [2.45, 2.75) is 94.6 Å². The second kappa shape index (κ2) is 20.2. The van der Waals surface area contributed by atoms with Crippen LogP contribution in [0.5, 0.6) is 0 Å². The van der Waals surface area contributed by atoms with E-state index < -0.39 is 28.3 Å². The molecule has 0 saturated carbocycles. The molecule has 3 saturated heterocycles. The first-order valence-electron chi connectivity index (χ1n) is 22.2. The molecule has 6 atom stereocenters. The highest BCUT2D eigenvalue weighted by Crippen LogP contribution is 2.43. The fraction of sp³-hybridized carbons (Fsp3) is 0.392. The van der Waals surface area contributed by atoms with E-state index in [1.807, 2.05) is 73.7 Å². The van der Waals surface area contributed by atoms with Crippen LogP contribution in [0, 0.1) is 12.8 Å². The van der Waals surface area contributed by atoms with E-state index in [2.05, 4.69) is 63.2 Å². The van der Waals surface area contributed by atoms with Crippen molar-refractivity contribution in [3.8, 4) is 11.1 Å². The van der Waals surface area contributed by atoms with Gasteiger partial charge in [0.15, 0.2) is 6.29 Å². The molecule has 5 aromatic rings. The molecule has 0 aliphatic carbocycles. The maximum absolute atomic E-state index is 13.8. The monoisotopic (exact) mass is 856 g/mol. The van der Waals surface area contributed by atoms with Gasteiger partial charge in [0, 0.05) is 37.2 Å². The average Bonchev–Trinajstić information content (AvgIpc) is 3.99. The van der Waals surface area contributed by atoms with Gasteiger partial charge < -0.3 is 24.8 Å². The number of carbonyl (C=O) groups excluding carboxylic acids is 1. The number of aliphatic hydroxyl groups is 1. The Labute approximate surface area is 367 Å². The minimum atomic E-state index is -3.97. The Morgan fingerprint density at radius 2 is 1.47 bits per heavy atom. The van der Waals surface area contributed by atoms with Gasteiger partial charge in [-0.2, -0.15) is 4.72 Å². The maximum Gasteiger partial charge on any atom is 0.241 e. The molecule has 3 fully saturated rings. The number of rotatable bonds is 16. The summed E-state index contributed by atoms with van der Waals surface area (Å²) in [6, 6.07) is 39.9. The molecular formula is C51H60N4O6S. The molecule has 8 rings (SSSR count). The third kappa shape index (κ3) is 10.9. The topological polar surface area (TPSA) is 120 Å². The first-order valence-corrected chi connectivity index (χ1v) is 23.7. The number of amides is 1. The van der Waals surface area contributed by atoms with Crippen molar-refractivity contribution in [2.75, 3.05) is 32.7 Å². The number of benzene rings is 5. The first-order chi connectivity index (χ1) is 30.1. The van der Waals surface area contributed by atoms with Gasteiger partial charge in [-0.15, -0.1) is 0 Å². The van der Waals surface area contributed by atoms with Crippen LogP contribution in [-0.4, -0.2) is 80.1 Å². The number of hydrogen-bond donors (Lipinski definition) is 3. The molecule has 10 nitrogen and oxygen atoms in total. The van der Waals surface area contributed by atoms with Crippen LogP contribution < -0.4 is 10.0 Å². The minimum absolute atomic E-state index is 0.00566. The van der Waals surface area contributed by atoms with Gasteiger partial charge in [0.05, 0.1) is 23.7 Å². The minimum Gasteiger partial charge on any atom is -0.392 e.